The van der Waals surface area contributed by atoms with Crippen LogP contribution in [0.25, 0.3) is 0 Å². The summed E-state index contributed by atoms with van der Waals surface area (Å²) in [5.41, 5.74) is 0.816. The molecule has 1 N–H and O–H groups in total. The Morgan fingerprint density at radius 1 is 1.47 bits per heavy atom. The molecule has 1 aromatic rings. The van der Waals surface area contributed by atoms with Crippen LogP contribution < -0.4 is 5.32 Å². The lowest BCUT2D eigenvalue weighted by Gasteiger charge is -2.12. The summed E-state index contributed by atoms with van der Waals surface area (Å²) in [4.78, 5) is 7.78. The van der Waals surface area contributed by atoms with Gasteiger partial charge in [0.25, 0.3) is 0 Å². The quantitative estimate of drug-likeness (QED) is 0.804. The fourth-order valence-electron chi connectivity index (χ4n) is 1.08. The lowest BCUT2D eigenvalue weighted by Crippen LogP contribution is -2.28. The maximum atomic E-state index is 11.5. The Bertz CT molecular complexity index is 490. The molecule has 0 amide bonds. The van der Waals surface area contributed by atoms with E-state index < -0.39 is 10.0 Å². The van der Waals surface area contributed by atoms with E-state index >= 15 is 0 Å². The highest BCUT2D eigenvalue weighted by molar-refractivity contribution is 7.89. The van der Waals surface area contributed by atoms with Crippen molar-refractivity contribution >= 4 is 27.4 Å². The van der Waals surface area contributed by atoms with Crippen LogP contribution in [0.5, 0.6) is 0 Å². The van der Waals surface area contributed by atoms with Gasteiger partial charge in [-0.25, -0.2) is 22.7 Å². The molecule has 0 saturated heterocycles. The van der Waals surface area contributed by atoms with Crippen LogP contribution in [0.3, 0.4) is 0 Å². The molecule has 0 fully saturated rings. The minimum atomic E-state index is -3.20. The van der Waals surface area contributed by atoms with Crippen molar-refractivity contribution in [2.75, 3.05) is 31.7 Å². The lowest BCUT2D eigenvalue weighted by molar-refractivity contribution is 0.521. The number of aromatic nitrogens is 2. The van der Waals surface area contributed by atoms with Crippen LogP contribution in [0.15, 0.2) is 6.20 Å². The molecule has 6 nitrogen and oxygen atoms in total. The van der Waals surface area contributed by atoms with Crippen molar-refractivity contribution in [2.45, 2.75) is 6.92 Å². The zero-order valence-corrected chi connectivity index (χ0v) is 11.5. The van der Waals surface area contributed by atoms with E-state index in [1.165, 1.54) is 18.4 Å². The van der Waals surface area contributed by atoms with E-state index in [4.69, 9.17) is 11.6 Å². The second-order valence-corrected chi connectivity index (χ2v) is 6.34. The molecule has 17 heavy (non-hydrogen) atoms. The molecular weight excluding hydrogens is 264 g/mol. The molecule has 1 rings (SSSR count). The third-order valence-electron chi connectivity index (χ3n) is 2.15. The fraction of sp³-hybridized carbons (Fsp3) is 0.556. The van der Waals surface area contributed by atoms with Gasteiger partial charge < -0.3 is 5.32 Å². The van der Waals surface area contributed by atoms with Crippen LogP contribution in [0.4, 0.5) is 5.82 Å². The Kier molecular flexibility index (Phi) is 4.67. The van der Waals surface area contributed by atoms with Crippen molar-refractivity contribution in [3.8, 4) is 0 Å². The average molecular weight is 279 g/mol. The first kappa shape index (κ1) is 14.1. The fourth-order valence-corrected chi connectivity index (χ4v) is 1.94. The van der Waals surface area contributed by atoms with Crippen LogP contribution in [-0.2, 0) is 10.0 Å². The average Bonchev–Trinajstić information content (AvgIpc) is 2.22. The number of nitrogens with one attached hydrogen (secondary N) is 1. The number of rotatable bonds is 5. The molecule has 0 bridgehead atoms. The third-order valence-corrected chi connectivity index (χ3v) is 4.17. The normalized spacial score (nSPS) is 11.8. The Balaban J connectivity index is 2.60. The second-order valence-electron chi connectivity index (χ2n) is 3.70. The molecular formula is C9H15ClN4O2S. The summed E-state index contributed by atoms with van der Waals surface area (Å²) in [5.74, 6) is 0.556. The Labute approximate surface area is 106 Å². The number of sulfonamides is 1. The van der Waals surface area contributed by atoms with Gasteiger partial charge in [0.15, 0.2) is 0 Å². The highest BCUT2D eigenvalue weighted by Gasteiger charge is 2.13. The SMILES string of the molecule is Cc1cnc(Cl)nc1NCCS(=O)(=O)N(C)C. The van der Waals surface area contributed by atoms with Crippen molar-refractivity contribution in [3.63, 3.8) is 0 Å². The van der Waals surface area contributed by atoms with Crippen LogP contribution >= 0.6 is 11.6 Å². The van der Waals surface area contributed by atoms with Gasteiger partial charge in [-0.2, -0.15) is 0 Å². The molecule has 0 aromatic carbocycles. The first-order valence-electron chi connectivity index (χ1n) is 4.96. The summed E-state index contributed by atoms with van der Waals surface area (Å²) in [5, 5.41) is 3.06. The Hall–Kier alpha value is -0.920. The maximum Gasteiger partial charge on any atom is 0.224 e. The van der Waals surface area contributed by atoms with Crippen molar-refractivity contribution in [1.82, 2.24) is 14.3 Å². The van der Waals surface area contributed by atoms with Crippen molar-refractivity contribution in [3.05, 3.63) is 17.0 Å². The number of aryl methyl sites for hydroxylation is 1. The Morgan fingerprint density at radius 2 is 2.12 bits per heavy atom. The van der Waals surface area contributed by atoms with Gasteiger partial charge in [-0.15, -0.1) is 0 Å². The molecule has 96 valence electrons. The number of hydrogen-bond donors (Lipinski definition) is 1. The number of hydrogen-bond acceptors (Lipinski definition) is 5. The van der Waals surface area contributed by atoms with E-state index in [-0.39, 0.29) is 17.6 Å². The van der Waals surface area contributed by atoms with Crippen LogP contribution in [0.1, 0.15) is 5.56 Å². The lowest BCUT2D eigenvalue weighted by atomic mass is 10.3. The Morgan fingerprint density at radius 3 is 2.71 bits per heavy atom. The van der Waals surface area contributed by atoms with Crippen LogP contribution in [-0.4, -0.2) is 49.1 Å². The summed E-state index contributed by atoms with van der Waals surface area (Å²) >= 11 is 5.65. The third kappa shape index (κ3) is 4.10. The first-order chi connectivity index (χ1) is 7.83. The van der Waals surface area contributed by atoms with E-state index in [1.54, 1.807) is 6.20 Å². The van der Waals surface area contributed by atoms with Crippen LogP contribution in [0.2, 0.25) is 5.28 Å². The van der Waals surface area contributed by atoms with E-state index in [9.17, 15) is 8.42 Å². The molecule has 0 aliphatic heterocycles. The molecule has 0 unspecified atom stereocenters. The minimum absolute atomic E-state index is 0.00105. The standard InChI is InChI=1S/C9H15ClN4O2S/c1-7-6-12-9(10)13-8(7)11-4-5-17(15,16)14(2)3/h6H,4-5H2,1-3H3,(H,11,12,13). The largest absolute Gasteiger partial charge is 0.369 e. The summed E-state index contributed by atoms with van der Waals surface area (Å²) < 4.78 is 24.2. The molecule has 8 heteroatoms. The van der Waals surface area contributed by atoms with E-state index in [0.717, 1.165) is 5.56 Å². The molecule has 0 aliphatic carbocycles. The van der Waals surface area contributed by atoms with Gasteiger partial charge in [0.2, 0.25) is 15.3 Å². The molecule has 0 spiro atoms. The molecule has 0 radical (unpaired) electrons. The van der Waals surface area contributed by atoms with E-state index in [0.29, 0.717) is 5.82 Å². The van der Waals surface area contributed by atoms with Gasteiger partial charge in [0, 0.05) is 32.4 Å². The number of nitrogens with zero attached hydrogens (tertiary/aromatic N) is 3. The molecule has 1 heterocycles. The smallest absolute Gasteiger partial charge is 0.224 e. The minimum Gasteiger partial charge on any atom is -0.369 e. The van der Waals surface area contributed by atoms with Gasteiger partial charge in [-0.1, -0.05) is 0 Å². The van der Waals surface area contributed by atoms with Crippen molar-refractivity contribution in [1.29, 1.82) is 0 Å². The van der Waals surface area contributed by atoms with Gasteiger partial charge in [-0.3, -0.25) is 0 Å². The van der Waals surface area contributed by atoms with Gasteiger partial charge in [0.05, 0.1) is 5.75 Å². The maximum absolute atomic E-state index is 11.5. The van der Waals surface area contributed by atoms with E-state index in [1.807, 2.05) is 6.92 Å². The topological polar surface area (TPSA) is 75.2 Å². The van der Waals surface area contributed by atoms with Crippen LogP contribution in [0, 0.1) is 6.92 Å². The number of anilines is 1. The predicted octanol–water partition coefficient (Wildman–Crippen LogP) is 0.742. The van der Waals surface area contributed by atoms with Gasteiger partial charge >= 0.3 is 0 Å². The number of halogens is 1. The monoisotopic (exact) mass is 278 g/mol. The summed E-state index contributed by atoms with van der Waals surface area (Å²) in [6, 6.07) is 0. The summed E-state index contributed by atoms with van der Waals surface area (Å²) in [6.45, 7) is 2.09. The van der Waals surface area contributed by atoms with Gasteiger partial charge in [0.1, 0.15) is 5.82 Å². The van der Waals surface area contributed by atoms with E-state index in [2.05, 4.69) is 15.3 Å². The molecule has 0 aliphatic rings. The second kappa shape index (κ2) is 5.61. The first-order valence-corrected chi connectivity index (χ1v) is 6.95. The molecule has 1 aromatic heterocycles. The highest BCUT2D eigenvalue weighted by Crippen LogP contribution is 2.12. The zero-order valence-electron chi connectivity index (χ0n) is 9.94. The van der Waals surface area contributed by atoms with Crippen molar-refractivity contribution in [2.24, 2.45) is 0 Å². The van der Waals surface area contributed by atoms with Crippen molar-refractivity contribution < 1.29 is 8.42 Å². The zero-order chi connectivity index (χ0) is 13.1. The molecule has 0 atom stereocenters. The summed E-state index contributed by atoms with van der Waals surface area (Å²) in [6.07, 6.45) is 1.58. The predicted molar refractivity (Wildman–Crippen MR) is 67.7 cm³/mol. The highest BCUT2D eigenvalue weighted by atomic mass is 35.5. The molecule has 0 saturated carbocycles. The van der Waals surface area contributed by atoms with Gasteiger partial charge in [-0.05, 0) is 18.5 Å². The summed E-state index contributed by atoms with van der Waals surface area (Å²) in [7, 11) is -0.193.